The number of ether oxygens (including phenoxy) is 2. The second-order valence-corrected chi connectivity index (χ2v) is 5.31. The Bertz CT molecular complexity index is 383. The van der Waals surface area contributed by atoms with Crippen LogP contribution >= 0.6 is 0 Å². The Balaban J connectivity index is 2.67. The molecule has 112 valence electrons. The van der Waals surface area contributed by atoms with Gasteiger partial charge >= 0.3 is 0 Å². The van der Waals surface area contributed by atoms with E-state index in [1.165, 1.54) is 0 Å². The van der Waals surface area contributed by atoms with Gasteiger partial charge in [-0.2, -0.15) is 0 Å². The lowest BCUT2D eigenvalue weighted by Gasteiger charge is -2.31. The summed E-state index contributed by atoms with van der Waals surface area (Å²) in [5.41, 5.74) is 1.10. The highest BCUT2D eigenvalue weighted by molar-refractivity contribution is 5.48. The zero-order valence-electron chi connectivity index (χ0n) is 13.2. The van der Waals surface area contributed by atoms with Crippen molar-refractivity contribution in [3.8, 4) is 5.75 Å². The molecule has 1 rings (SSSR count). The molecule has 1 atom stereocenters. The maximum absolute atomic E-state index is 6.09. The molecule has 0 aliphatic carbocycles. The van der Waals surface area contributed by atoms with Crippen molar-refractivity contribution in [1.82, 2.24) is 0 Å². The van der Waals surface area contributed by atoms with Crippen molar-refractivity contribution < 1.29 is 9.47 Å². The third kappa shape index (κ3) is 5.79. The minimum absolute atomic E-state index is 0.527. The van der Waals surface area contributed by atoms with E-state index in [1.54, 1.807) is 0 Å². The predicted octanol–water partition coefficient (Wildman–Crippen LogP) is 5.43. The standard InChI is InChI=1S/C18H28O2/c1-5-8-14-18(4,19-15-9-6-2)20-17-12-10-16(7-3)11-13-17/h7,10-13H,3,5-6,8-9,14-15H2,1-2,4H3. The SMILES string of the molecule is C=Cc1ccc(OC(C)(CCCC)OCCCC)cc1. The molecule has 0 saturated carbocycles. The molecule has 1 unspecified atom stereocenters. The van der Waals surface area contributed by atoms with Gasteiger partial charge in [0.05, 0.1) is 6.61 Å². The smallest absolute Gasteiger partial charge is 0.207 e. The van der Waals surface area contributed by atoms with Crippen LogP contribution < -0.4 is 4.74 Å². The third-order valence-electron chi connectivity index (χ3n) is 3.34. The fourth-order valence-electron chi connectivity index (χ4n) is 2.00. The zero-order chi connectivity index (χ0) is 14.8. The van der Waals surface area contributed by atoms with Gasteiger partial charge < -0.3 is 9.47 Å². The Hall–Kier alpha value is -1.28. The van der Waals surface area contributed by atoms with E-state index in [-0.39, 0.29) is 0 Å². The van der Waals surface area contributed by atoms with Gasteiger partial charge in [0.1, 0.15) is 5.75 Å². The lowest BCUT2D eigenvalue weighted by molar-refractivity contribution is -0.175. The summed E-state index contributed by atoms with van der Waals surface area (Å²) in [6.45, 7) is 10.9. The van der Waals surface area contributed by atoms with Gasteiger partial charge in [-0.15, -0.1) is 0 Å². The number of rotatable bonds is 10. The summed E-state index contributed by atoms with van der Waals surface area (Å²) in [6, 6.07) is 7.97. The minimum atomic E-state index is -0.527. The highest BCUT2D eigenvalue weighted by atomic mass is 16.7. The van der Waals surface area contributed by atoms with Crippen LogP contribution in [0.1, 0.15) is 58.4 Å². The van der Waals surface area contributed by atoms with E-state index >= 15 is 0 Å². The maximum Gasteiger partial charge on any atom is 0.207 e. The molecule has 0 aliphatic rings. The molecule has 2 nitrogen and oxygen atoms in total. The van der Waals surface area contributed by atoms with Gasteiger partial charge in [0, 0.05) is 13.3 Å². The molecule has 0 fully saturated rings. The van der Waals surface area contributed by atoms with Gasteiger partial charge in [-0.3, -0.25) is 0 Å². The van der Waals surface area contributed by atoms with E-state index in [0.29, 0.717) is 0 Å². The summed E-state index contributed by atoms with van der Waals surface area (Å²) in [5.74, 6) is 0.326. The molecule has 20 heavy (non-hydrogen) atoms. The van der Waals surface area contributed by atoms with E-state index in [2.05, 4.69) is 20.4 Å². The first kappa shape index (κ1) is 16.8. The Morgan fingerprint density at radius 3 is 2.30 bits per heavy atom. The highest BCUT2D eigenvalue weighted by Crippen LogP contribution is 2.25. The van der Waals surface area contributed by atoms with Crippen molar-refractivity contribution >= 4 is 6.08 Å². The van der Waals surface area contributed by atoms with Crippen LogP contribution in [-0.4, -0.2) is 12.4 Å². The molecule has 0 heterocycles. The van der Waals surface area contributed by atoms with Crippen LogP contribution in [0.4, 0.5) is 0 Å². The van der Waals surface area contributed by atoms with Crippen molar-refractivity contribution in [2.75, 3.05) is 6.61 Å². The quantitative estimate of drug-likeness (QED) is 0.419. The van der Waals surface area contributed by atoms with Gasteiger partial charge in [-0.25, -0.2) is 0 Å². The molecule has 2 heteroatoms. The van der Waals surface area contributed by atoms with Crippen LogP contribution in [0.3, 0.4) is 0 Å². The molecule has 0 N–H and O–H groups in total. The Kier molecular flexibility index (Phi) is 7.38. The number of benzene rings is 1. The second-order valence-electron chi connectivity index (χ2n) is 5.31. The van der Waals surface area contributed by atoms with Crippen LogP contribution in [-0.2, 0) is 4.74 Å². The first-order valence-corrected chi connectivity index (χ1v) is 7.69. The summed E-state index contributed by atoms with van der Waals surface area (Å²) >= 11 is 0. The van der Waals surface area contributed by atoms with Gasteiger partial charge in [0.25, 0.3) is 0 Å². The van der Waals surface area contributed by atoms with E-state index in [0.717, 1.165) is 50.0 Å². The first-order chi connectivity index (χ1) is 9.63. The van der Waals surface area contributed by atoms with Crippen molar-refractivity contribution in [3.63, 3.8) is 0 Å². The lowest BCUT2D eigenvalue weighted by Crippen LogP contribution is -2.36. The summed E-state index contributed by atoms with van der Waals surface area (Å²) in [7, 11) is 0. The summed E-state index contributed by atoms with van der Waals surface area (Å²) in [5, 5.41) is 0. The van der Waals surface area contributed by atoms with Crippen LogP contribution in [0.2, 0.25) is 0 Å². The number of hydrogen-bond acceptors (Lipinski definition) is 2. The monoisotopic (exact) mass is 276 g/mol. The average molecular weight is 276 g/mol. The van der Waals surface area contributed by atoms with Crippen molar-refractivity contribution in [2.45, 2.75) is 58.7 Å². The molecular weight excluding hydrogens is 248 g/mol. The largest absolute Gasteiger partial charge is 0.463 e. The second kappa shape index (κ2) is 8.80. The predicted molar refractivity (Wildman–Crippen MR) is 86.0 cm³/mol. The Morgan fingerprint density at radius 1 is 1.10 bits per heavy atom. The summed E-state index contributed by atoms with van der Waals surface area (Å²) in [4.78, 5) is 0. The summed E-state index contributed by atoms with van der Waals surface area (Å²) < 4.78 is 12.1. The van der Waals surface area contributed by atoms with E-state index in [4.69, 9.17) is 9.47 Å². The molecule has 0 saturated heterocycles. The number of hydrogen-bond donors (Lipinski definition) is 0. The molecule has 0 aliphatic heterocycles. The third-order valence-corrected chi connectivity index (χ3v) is 3.34. The molecule has 0 radical (unpaired) electrons. The van der Waals surface area contributed by atoms with Crippen LogP contribution in [0, 0.1) is 0 Å². The average Bonchev–Trinajstić information content (AvgIpc) is 2.46. The Labute approximate surface area is 123 Å². The number of unbranched alkanes of at least 4 members (excludes halogenated alkanes) is 2. The van der Waals surface area contributed by atoms with Crippen LogP contribution in [0.25, 0.3) is 6.08 Å². The fraction of sp³-hybridized carbons (Fsp3) is 0.556. The molecule has 1 aromatic carbocycles. The summed E-state index contributed by atoms with van der Waals surface area (Å²) in [6.07, 6.45) is 7.20. The fourth-order valence-corrected chi connectivity index (χ4v) is 2.00. The lowest BCUT2D eigenvalue weighted by atomic mass is 10.1. The van der Waals surface area contributed by atoms with Gasteiger partial charge in [-0.1, -0.05) is 51.5 Å². The molecule has 0 spiro atoms. The van der Waals surface area contributed by atoms with Gasteiger partial charge in [0.2, 0.25) is 5.79 Å². The molecule has 1 aromatic rings. The van der Waals surface area contributed by atoms with Gasteiger partial charge in [0.15, 0.2) is 0 Å². The molecule has 0 bridgehead atoms. The molecule has 0 aromatic heterocycles. The normalized spacial score (nSPS) is 13.8. The zero-order valence-corrected chi connectivity index (χ0v) is 13.2. The highest BCUT2D eigenvalue weighted by Gasteiger charge is 2.26. The van der Waals surface area contributed by atoms with Gasteiger partial charge in [-0.05, 0) is 30.5 Å². The van der Waals surface area contributed by atoms with E-state index in [1.807, 2.05) is 37.3 Å². The van der Waals surface area contributed by atoms with E-state index < -0.39 is 5.79 Å². The topological polar surface area (TPSA) is 18.5 Å². The maximum atomic E-state index is 6.09. The van der Waals surface area contributed by atoms with Crippen molar-refractivity contribution in [3.05, 3.63) is 36.4 Å². The van der Waals surface area contributed by atoms with Crippen LogP contribution in [0.15, 0.2) is 30.8 Å². The van der Waals surface area contributed by atoms with Crippen molar-refractivity contribution in [1.29, 1.82) is 0 Å². The molecular formula is C18H28O2. The Morgan fingerprint density at radius 2 is 1.75 bits per heavy atom. The van der Waals surface area contributed by atoms with Crippen molar-refractivity contribution in [2.24, 2.45) is 0 Å². The van der Waals surface area contributed by atoms with Crippen LogP contribution in [0.5, 0.6) is 5.75 Å². The van der Waals surface area contributed by atoms with E-state index in [9.17, 15) is 0 Å². The molecule has 0 amide bonds. The first-order valence-electron chi connectivity index (χ1n) is 7.69. The minimum Gasteiger partial charge on any atom is -0.463 e.